The summed E-state index contributed by atoms with van der Waals surface area (Å²) in [6.07, 6.45) is 1.49. The molecule has 30 heavy (non-hydrogen) atoms. The fraction of sp³-hybridized carbons (Fsp3) is 0.217. The van der Waals surface area contributed by atoms with Crippen molar-refractivity contribution in [3.05, 3.63) is 66.0 Å². The lowest BCUT2D eigenvalue weighted by Gasteiger charge is -2.17. The maximum absolute atomic E-state index is 12.7. The van der Waals surface area contributed by atoms with Crippen LogP contribution in [0.1, 0.15) is 18.2 Å². The quantitative estimate of drug-likeness (QED) is 0.659. The van der Waals surface area contributed by atoms with E-state index < -0.39 is 12.1 Å². The topological polar surface area (TPSA) is 80.9 Å². The number of aromatic amines is 1. The number of hydrogen-bond donors (Lipinski definition) is 1. The van der Waals surface area contributed by atoms with Crippen LogP contribution in [0.4, 0.5) is 4.79 Å². The number of nitrogens with one attached hydrogen (secondary N) is 1. The van der Waals surface area contributed by atoms with Gasteiger partial charge in [0.05, 0.1) is 25.0 Å². The van der Waals surface area contributed by atoms with Gasteiger partial charge in [0.15, 0.2) is 0 Å². The molecule has 0 radical (unpaired) electrons. The molecule has 1 amide bonds. The number of methoxy groups -OCH3 is 1. The molecule has 0 spiro atoms. The van der Waals surface area contributed by atoms with Crippen LogP contribution in [-0.2, 0) is 16.0 Å². The highest BCUT2D eigenvalue weighted by atomic mass is 16.6. The molecule has 1 N–H and O–H groups in total. The second kappa shape index (κ2) is 8.32. The average molecular weight is 406 g/mol. The summed E-state index contributed by atoms with van der Waals surface area (Å²) in [7, 11) is 1.61. The standard InChI is InChI=1S/C23H22N2O5/c1-3-29-22(26)19-14-25(23(27)30-15-7-5-4-6-8-15)12-11-18-17-10-9-16(28-2)13-20(17)24-21(18)19/h4-10,13-14,24H,3,11-12H2,1-2H3. The van der Waals surface area contributed by atoms with E-state index in [1.807, 2.05) is 24.3 Å². The second-order valence-corrected chi connectivity index (χ2v) is 6.78. The first-order valence-electron chi connectivity index (χ1n) is 9.72. The van der Waals surface area contributed by atoms with E-state index >= 15 is 0 Å². The van der Waals surface area contributed by atoms with E-state index in [1.165, 1.54) is 11.1 Å². The number of H-pyrrole nitrogens is 1. The van der Waals surface area contributed by atoms with Crippen LogP contribution in [0, 0.1) is 0 Å². The van der Waals surface area contributed by atoms with Crippen LogP contribution in [0.5, 0.6) is 11.5 Å². The summed E-state index contributed by atoms with van der Waals surface area (Å²) in [5.74, 6) is 0.652. The van der Waals surface area contributed by atoms with Crippen LogP contribution in [0.3, 0.4) is 0 Å². The summed E-state index contributed by atoms with van der Waals surface area (Å²) < 4.78 is 16.0. The molecule has 0 atom stereocenters. The lowest BCUT2D eigenvalue weighted by atomic mass is 10.0. The molecule has 0 saturated heterocycles. The van der Waals surface area contributed by atoms with Crippen LogP contribution in [0.25, 0.3) is 16.5 Å². The molecule has 0 bridgehead atoms. The zero-order chi connectivity index (χ0) is 21.1. The number of benzene rings is 2. The summed E-state index contributed by atoms with van der Waals surface area (Å²) in [5.41, 5.74) is 2.73. The maximum Gasteiger partial charge on any atom is 0.419 e. The Hall–Kier alpha value is -3.74. The normalized spacial score (nSPS) is 13.3. The number of amides is 1. The Bertz CT molecular complexity index is 1120. The van der Waals surface area contributed by atoms with E-state index in [0.717, 1.165) is 16.5 Å². The van der Waals surface area contributed by atoms with Crippen molar-refractivity contribution in [2.24, 2.45) is 0 Å². The van der Waals surface area contributed by atoms with Gasteiger partial charge in [0.2, 0.25) is 0 Å². The van der Waals surface area contributed by atoms with Gasteiger partial charge in [-0.15, -0.1) is 0 Å². The molecule has 0 saturated carbocycles. The summed E-state index contributed by atoms with van der Waals surface area (Å²) in [6.45, 7) is 2.34. The number of fused-ring (bicyclic) bond motifs is 3. The Labute approximate surface area is 173 Å². The van der Waals surface area contributed by atoms with E-state index in [0.29, 0.717) is 30.2 Å². The van der Waals surface area contributed by atoms with Crippen molar-refractivity contribution >= 4 is 28.5 Å². The third-order valence-corrected chi connectivity index (χ3v) is 4.95. The van der Waals surface area contributed by atoms with Crippen LogP contribution >= 0.6 is 0 Å². The van der Waals surface area contributed by atoms with Crippen LogP contribution in [-0.4, -0.2) is 42.2 Å². The van der Waals surface area contributed by atoms with E-state index in [4.69, 9.17) is 14.2 Å². The fourth-order valence-electron chi connectivity index (χ4n) is 3.52. The summed E-state index contributed by atoms with van der Waals surface area (Å²) in [6, 6.07) is 14.5. The molecule has 0 aliphatic carbocycles. The van der Waals surface area contributed by atoms with E-state index in [1.54, 1.807) is 38.3 Å². The van der Waals surface area contributed by atoms with Crippen molar-refractivity contribution < 1.29 is 23.8 Å². The monoisotopic (exact) mass is 406 g/mol. The molecule has 2 aromatic carbocycles. The summed E-state index contributed by atoms with van der Waals surface area (Å²) in [5, 5.41) is 0.972. The Balaban J connectivity index is 1.73. The highest BCUT2D eigenvalue weighted by molar-refractivity contribution is 6.18. The lowest BCUT2D eigenvalue weighted by Crippen LogP contribution is -2.30. The number of ether oxygens (including phenoxy) is 3. The number of rotatable bonds is 4. The molecular weight excluding hydrogens is 384 g/mol. The highest BCUT2D eigenvalue weighted by Gasteiger charge is 2.28. The zero-order valence-corrected chi connectivity index (χ0v) is 16.8. The maximum atomic E-state index is 12.7. The van der Waals surface area contributed by atoms with Gasteiger partial charge in [0.25, 0.3) is 0 Å². The Morgan fingerprint density at radius 1 is 1.10 bits per heavy atom. The van der Waals surface area contributed by atoms with Crippen molar-refractivity contribution in [2.75, 3.05) is 20.3 Å². The lowest BCUT2D eigenvalue weighted by molar-refractivity contribution is -0.136. The van der Waals surface area contributed by atoms with Crippen LogP contribution < -0.4 is 9.47 Å². The van der Waals surface area contributed by atoms with Gasteiger partial charge in [-0.05, 0) is 43.2 Å². The SMILES string of the molecule is CCOC(=O)C1=CN(C(=O)Oc2ccccc2)CCc2c1[nH]c1cc(OC)ccc21. The number of para-hydroxylation sites is 1. The molecule has 0 unspecified atom stereocenters. The minimum atomic E-state index is -0.556. The molecule has 4 rings (SSSR count). The summed E-state index contributed by atoms with van der Waals surface area (Å²) >= 11 is 0. The van der Waals surface area contributed by atoms with Crippen molar-refractivity contribution in [1.82, 2.24) is 9.88 Å². The Morgan fingerprint density at radius 2 is 1.90 bits per heavy atom. The third-order valence-electron chi connectivity index (χ3n) is 4.95. The number of carbonyl (C=O) groups is 2. The van der Waals surface area contributed by atoms with E-state index in [2.05, 4.69) is 4.98 Å². The third kappa shape index (κ3) is 3.74. The number of esters is 1. The van der Waals surface area contributed by atoms with Gasteiger partial charge in [-0.25, -0.2) is 9.59 Å². The van der Waals surface area contributed by atoms with Gasteiger partial charge in [-0.2, -0.15) is 0 Å². The first-order valence-corrected chi connectivity index (χ1v) is 9.72. The molecular formula is C23H22N2O5. The minimum absolute atomic E-state index is 0.230. The number of carbonyl (C=O) groups excluding carboxylic acids is 2. The molecule has 1 aliphatic rings. The van der Waals surface area contributed by atoms with E-state index in [9.17, 15) is 9.59 Å². The molecule has 7 nitrogen and oxygen atoms in total. The molecule has 0 fully saturated rings. The molecule has 2 heterocycles. The second-order valence-electron chi connectivity index (χ2n) is 6.78. The molecule has 3 aromatic rings. The highest BCUT2D eigenvalue weighted by Crippen LogP contribution is 2.33. The zero-order valence-electron chi connectivity index (χ0n) is 16.8. The Kier molecular flexibility index (Phi) is 5.43. The molecule has 1 aliphatic heterocycles. The smallest absolute Gasteiger partial charge is 0.419 e. The largest absolute Gasteiger partial charge is 0.497 e. The number of hydrogen-bond acceptors (Lipinski definition) is 5. The number of nitrogens with zero attached hydrogens (tertiary/aromatic N) is 1. The van der Waals surface area contributed by atoms with Crippen molar-refractivity contribution in [2.45, 2.75) is 13.3 Å². The van der Waals surface area contributed by atoms with Gasteiger partial charge in [0, 0.05) is 29.7 Å². The fourth-order valence-corrected chi connectivity index (χ4v) is 3.52. The van der Waals surface area contributed by atoms with Crippen molar-refractivity contribution in [3.8, 4) is 11.5 Å². The Morgan fingerprint density at radius 3 is 2.63 bits per heavy atom. The van der Waals surface area contributed by atoms with Gasteiger partial charge in [-0.3, -0.25) is 4.90 Å². The van der Waals surface area contributed by atoms with Gasteiger partial charge >= 0.3 is 12.1 Å². The van der Waals surface area contributed by atoms with Gasteiger partial charge < -0.3 is 19.2 Å². The molecule has 7 heteroatoms. The van der Waals surface area contributed by atoms with Crippen molar-refractivity contribution in [1.29, 1.82) is 0 Å². The van der Waals surface area contributed by atoms with Gasteiger partial charge in [-0.1, -0.05) is 18.2 Å². The summed E-state index contributed by atoms with van der Waals surface area (Å²) in [4.78, 5) is 30.2. The predicted molar refractivity (Wildman–Crippen MR) is 112 cm³/mol. The molecule has 154 valence electrons. The minimum Gasteiger partial charge on any atom is -0.497 e. The predicted octanol–water partition coefficient (Wildman–Crippen LogP) is 4.14. The van der Waals surface area contributed by atoms with Crippen LogP contribution in [0.2, 0.25) is 0 Å². The first-order chi connectivity index (χ1) is 14.6. The number of aromatic nitrogens is 1. The average Bonchev–Trinajstić information content (AvgIpc) is 3.00. The van der Waals surface area contributed by atoms with E-state index in [-0.39, 0.29) is 12.2 Å². The van der Waals surface area contributed by atoms with Gasteiger partial charge in [0.1, 0.15) is 11.5 Å². The van der Waals surface area contributed by atoms with Crippen LogP contribution in [0.15, 0.2) is 54.7 Å². The van der Waals surface area contributed by atoms with Crippen molar-refractivity contribution in [3.63, 3.8) is 0 Å². The molecule has 1 aromatic heterocycles. The first kappa shape index (κ1) is 19.6.